The Morgan fingerprint density at radius 1 is 1.25 bits per heavy atom. The SMILES string of the molecule is CCC(C)N(CC)CCC(C#N)NC(C)C. The molecule has 0 aliphatic carbocycles. The van der Waals surface area contributed by atoms with Crippen molar-refractivity contribution in [2.45, 2.75) is 65.6 Å². The van der Waals surface area contributed by atoms with Crippen molar-refractivity contribution < 1.29 is 0 Å². The molecule has 0 saturated carbocycles. The lowest BCUT2D eigenvalue weighted by Crippen LogP contribution is -2.39. The molecular formula is C13H27N3. The fourth-order valence-corrected chi connectivity index (χ4v) is 1.83. The minimum Gasteiger partial charge on any atom is -0.301 e. The number of hydrogen-bond donors (Lipinski definition) is 1. The van der Waals surface area contributed by atoms with Crippen LogP contribution in [0.4, 0.5) is 0 Å². The summed E-state index contributed by atoms with van der Waals surface area (Å²) in [7, 11) is 0. The maximum Gasteiger partial charge on any atom is 0.0967 e. The van der Waals surface area contributed by atoms with Gasteiger partial charge in [0.25, 0.3) is 0 Å². The summed E-state index contributed by atoms with van der Waals surface area (Å²) in [6.45, 7) is 12.9. The number of nitrogens with one attached hydrogen (secondary N) is 1. The molecule has 0 aliphatic heterocycles. The highest BCUT2D eigenvalue weighted by molar-refractivity contribution is 4.91. The molecular weight excluding hydrogens is 198 g/mol. The summed E-state index contributed by atoms with van der Waals surface area (Å²) in [4.78, 5) is 2.44. The van der Waals surface area contributed by atoms with E-state index in [9.17, 15) is 0 Å². The zero-order valence-electron chi connectivity index (χ0n) is 11.5. The Morgan fingerprint density at radius 3 is 2.25 bits per heavy atom. The van der Waals surface area contributed by atoms with Crippen LogP contribution in [-0.4, -0.2) is 36.1 Å². The van der Waals surface area contributed by atoms with E-state index >= 15 is 0 Å². The fourth-order valence-electron chi connectivity index (χ4n) is 1.83. The van der Waals surface area contributed by atoms with Gasteiger partial charge in [-0.25, -0.2) is 0 Å². The molecule has 0 aromatic rings. The maximum atomic E-state index is 9.03. The lowest BCUT2D eigenvalue weighted by Gasteiger charge is -2.28. The number of nitrogens with zero attached hydrogens (tertiary/aromatic N) is 2. The van der Waals surface area contributed by atoms with Gasteiger partial charge in [0.05, 0.1) is 12.1 Å². The summed E-state index contributed by atoms with van der Waals surface area (Å²) in [5.74, 6) is 0. The summed E-state index contributed by atoms with van der Waals surface area (Å²) in [5.41, 5.74) is 0. The first-order valence-electron chi connectivity index (χ1n) is 6.44. The van der Waals surface area contributed by atoms with Crippen molar-refractivity contribution >= 4 is 0 Å². The highest BCUT2D eigenvalue weighted by atomic mass is 15.1. The summed E-state index contributed by atoms with van der Waals surface area (Å²) < 4.78 is 0. The molecule has 2 atom stereocenters. The van der Waals surface area contributed by atoms with Crippen LogP contribution in [-0.2, 0) is 0 Å². The van der Waals surface area contributed by atoms with Gasteiger partial charge in [-0.15, -0.1) is 0 Å². The predicted molar refractivity (Wildman–Crippen MR) is 69.3 cm³/mol. The summed E-state index contributed by atoms with van der Waals surface area (Å²) >= 11 is 0. The molecule has 16 heavy (non-hydrogen) atoms. The van der Waals surface area contributed by atoms with Crippen molar-refractivity contribution in [3.63, 3.8) is 0 Å². The Morgan fingerprint density at radius 2 is 1.88 bits per heavy atom. The average Bonchev–Trinajstić information content (AvgIpc) is 2.27. The van der Waals surface area contributed by atoms with Gasteiger partial charge < -0.3 is 4.90 Å². The number of rotatable bonds is 8. The van der Waals surface area contributed by atoms with E-state index in [0.29, 0.717) is 12.1 Å². The second-order valence-electron chi connectivity index (χ2n) is 4.68. The topological polar surface area (TPSA) is 39.1 Å². The molecule has 94 valence electrons. The van der Waals surface area contributed by atoms with Gasteiger partial charge in [-0.1, -0.05) is 13.8 Å². The molecule has 3 heteroatoms. The summed E-state index contributed by atoms with van der Waals surface area (Å²) in [6.07, 6.45) is 2.08. The van der Waals surface area contributed by atoms with Crippen LogP contribution >= 0.6 is 0 Å². The fraction of sp³-hybridized carbons (Fsp3) is 0.923. The van der Waals surface area contributed by atoms with Gasteiger partial charge in [0, 0.05) is 18.6 Å². The molecule has 0 fully saturated rings. The molecule has 0 aromatic carbocycles. The zero-order valence-corrected chi connectivity index (χ0v) is 11.5. The van der Waals surface area contributed by atoms with Crippen molar-refractivity contribution in [2.75, 3.05) is 13.1 Å². The molecule has 0 rings (SSSR count). The molecule has 3 nitrogen and oxygen atoms in total. The number of nitriles is 1. The van der Waals surface area contributed by atoms with E-state index in [4.69, 9.17) is 5.26 Å². The van der Waals surface area contributed by atoms with Crippen LogP contribution in [0.2, 0.25) is 0 Å². The first-order valence-corrected chi connectivity index (χ1v) is 6.44. The molecule has 0 heterocycles. The highest BCUT2D eigenvalue weighted by Crippen LogP contribution is 2.05. The van der Waals surface area contributed by atoms with Crippen LogP contribution in [0, 0.1) is 11.3 Å². The van der Waals surface area contributed by atoms with Gasteiger partial charge in [0.1, 0.15) is 0 Å². The maximum absolute atomic E-state index is 9.03. The quantitative estimate of drug-likeness (QED) is 0.689. The molecule has 0 saturated heterocycles. The Labute approximate surface area is 101 Å². The molecule has 0 bridgehead atoms. The Kier molecular flexibility index (Phi) is 8.23. The lowest BCUT2D eigenvalue weighted by atomic mass is 10.1. The van der Waals surface area contributed by atoms with Crippen molar-refractivity contribution in [3.05, 3.63) is 0 Å². The normalized spacial score (nSPS) is 15.1. The Bertz CT molecular complexity index is 208. The zero-order chi connectivity index (χ0) is 12.6. The van der Waals surface area contributed by atoms with Gasteiger partial charge in [-0.3, -0.25) is 5.32 Å². The van der Waals surface area contributed by atoms with E-state index in [0.717, 1.165) is 19.5 Å². The lowest BCUT2D eigenvalue weighted by molar-refractivity contribution is 0.206. The van der Waals surface area contributed by atoms with E-state index in [2.05, 4.69) is 50.9 Å². The molecule has 1 N–H and O–H groups in total. The first-order chi connectivity index (χ1) is 7.54. The van der Waals surface area contributed by atoms with Crippen molar-refractivity contribution in [2.24, 2.45) is 0 Å². The smallest absolute Gasteiger partial charge is 0.0967 e. The molecule has 0 amide bonds. The van der Waals surface area contributed by atoms with Gasteiger partial charge in [-0.2, -0.15) is 5.26 Å². The van der Waals surface area contributed by atoms with Crippen molar-refractivity contribution in [1.82, 2.24) is 10.2 Å². The second-order valence-corrected chi connectivity index (χ2v) is 4.68. The third kappa shape index (κ3) is 6.09. The van der Waals surface area contributed by atoms with Gasteiger partial charge in [0.15, 0.2) is 0 Å². The van der Waals surface area contributed by atoms with E-state index in [-0.39, 0.29) is 6.04 Å². The Hall–Kier alpha value is -0.590. The molecule has 0 aromatic heterocycles. The standard InChI is InChI=1S/C13H27N3/c1-6-12(5)16(7-2)9-8-13(10-14)15-11(3)4/h11-13,15H,6-9H2,1-5H3. The molecule has 0 spiro atoms. The minimum absolute atomic E-state index is 0.0156. The Balaban J connectivity index is 4.03. The van der Waals surface area contributed by atoms with Gasteiger partial charge in [-0.05, 0) is 40.2 Å². The third-order valence-electron chi connectivity index (χ3n) is 3.02. The van der Waals surface area contributed by atoms with E-state index in [1.165, 1.54) is 6.42 Å². The van der Waals surface area contributed by atoms with Crippen LogP contribution in [0.3, 0.4) is 0 Å². The van der Waals surface area contributed by atoms with Crippen LogP contribution in [0.5, 0.6) is 0 Å². The molecule has 0 radical (unpaired) electrons. The second kappa shape index (κ2) is 8.55. The minimum atomic E-state index is -0.0156. The van der Waals surface area contributed by atoms with Gasteiger partial charge in [0.2, 0.25) is 0 Å². The largest absolute Gasteiger partial charge is 0.301 e. The van der Waals surface area contributed by atoms with Gasteiger partial charge >= 0.3 is 0 Å². The summed E-state index contributed by atoms with van der Waals surface area (Å²) in [6, 6.07) is 3.31. The highest BCUT2D eigenvalue weighted by Gasteiger charge is 2.13. The van der Waals surface area contributed by atoms with E-state index < -0.39 is 0 Å². The first kappa shape index (κ1) is 15.4. The van der Waals surface area contributed by atoms with E-state index in [1.807, 2.05) is 0 Å². The van der Waals surface area contributed by atoms with Crippen molar-refractivity contribution in [3.8, 4) is 6.07 Å². The average molecular weight is 225 g/mol. The third-order valence-corrected chi connectivity index (χ3v) is 3.02. The van der Waals surface area contributed by atoms with Crippen LogP contribution < -0.4 is 5.32 Å². The van der Waals surface area contributed by atoms with Crippen molar-refractivity contribution in [1.29, 1.82) is 5.26 Å². The van der Waals surface area contributed by atoms with Crippen LogP contribution in [0.25, 0.3) is 0 Å². The van der Waals surface area contributed by atoms with E-state index in [1.54, 1.807) is 0 Å². The number of hydrogen-bond acceptors (Lipinski definition) is 3. The summed E-state index contributed by atoms with van der Waals surface area (Å²) in [5, 5.41) is 12.3. The van der Waals surface area contributed by atoms with Crippen LogP contribution in [0.1, 0.15) is 47.5 Å². The molecule has 2 unspecified atom stereocenters. The molecule has 0 aliphatic rings. The monoisotopic (exact) mass is 225 g/mol. The van der Waals surface area contributed by atoms with Crippen LogP contribution in [0.15, 0.2) is 0 Å². The predicted octanol–water partition coefficient (Wildman–Crippen LogP) is 2.39.